The van der Waals surface area contributed by atoms with Crippen molar-refractivity contribution in [2.24, 2.45) is 7.05 Å². The molecule has 0 amide bonds. The van der Waals surface area contributed by atoms with Gasteiger partial charge in [0.15, 0.2) is 0 Å². The van der Waals surface area contributed by atoms with Gasteiger partial charge in [0.1, 0.15) is 11.6 Å². The lowest BCUT2D eigenvalue weighted by Crippen LogP contribution is -2.44. The Balaban J connectivity index is 1.90. The summed E-state index contributed by atoms with van der Waals surface area (Å²) in [5.41, 5.74) is 1.51. The average Bonchev–Trinajstić information content (AvgIpc) is 3.41. The molecular weight excluding hydrogens is 413 g/mol. The van der Waals surface area contributed by atoms with Crippen molar-refractivity contribution >= 4 is 27.3 Å². The van der Waals surface area contributed by atoms with Gasteiger partial charge in [-0.05, 0) is 41.9 Å². The van der Waals surface area contributed by atoms with Gasteiger partial charge in [-0.15, -0.1) is 0 Å². The van der Waals surface area contributed by atoms with Crippen LogP contribution in [-0.2, 0) is 7.05 Å². The van der Waals surface area contributed by atoms with Crippen LogP contribution < -0.4 is 9.64 Å². The number of aromatic nitrogens is 2. The second kappa shape index (κ2) is 7.13. The summed E-state index contributed by atoms with van der Waals surface area (Å²) in [4.78, 5) is 7.91. The summed E-state index contributed by atoms with van der Waals surface area (Å²) < 4.78 is 24.0. The van der Waals surface area contributed by atoms with Crippen LogP contribution in [0.4, 0.5) is 15.8 Å². The summed E-state index contributed by atoms with van der Waals surface area (Å²) >= 11 is 3.45. The molecule has 1 aromatic heterocycles. The molecule has 2 fully saturated rings. The molecule has 4 rings (SSSR count). The molecule has 8 heteroatoms. The molecule has 2 heterocycles. The van der Waals surface area contributed by atoms with E-state index in [4.69, 9.17) is 11.3 Å². The highest BCUT2D eigenvalue weighted by molar-refractivity contribution is 9.10. The Morgan fingerprint density at radius 3 is 2.52 bits per heavy atom. The Labute approximate surface area is 166 Å². The Morgan fingerprint density at radius 1 is 1.26 bits per heavy atom. The molecule has 0 spiro atoms. The van der Waals surface area contributed by atoms with Gasteiger partial charge >= 0.3 is 0 Å². The van der Waals surface area contributed by atoms with Crippen LogP contribution in [0.3, 0.4) is 0 Å². The van der Waals surface area contributed by atoms with E-state index in [0.29, 0.717) is 21.6 Å². The maximum Gasteiger partial charge on any atom is 0.240 e. The Hall–Kier alpha value is -2.11. The number of aryl methyl sites for hydroxylation is 1. The molecule has 0 bridgehead atoms. The minimum Gasteiger partial charge on any atom is -0.501 e. The quantitative estimate of drug-likeness (QED) is 0.686. The van der Waals surface area contributed by atoms with Crippen molar-refractivity contribution in [2.75, 3.05) is 38.1 Å². The molecule has 27 heavy (non-hydrogen) atoms. The van der Waals surface area contributed by atoms with Gasteiger partial charge in [0, 0.05) is 38.8 Å². The number of piperazine rings is 1. The molecule has 1 aliphatic heterocycles. The number of hydrogen-bond donors (Lipinski definition) is 0. The van der Waals surface area contributed by atoms with Gasteiger partial charge in [0.25, 0.3) is 0 Å². The number of nitrogens with zero attached hydrogens (tertiary/aromatic N) is 5. The van der Waals surface area contributed by atoms with Crippen LogP contribution in [0.2, 0.25) is 0 Å². The van der Waals surface area contributed by atoms with Crippen molar-refractivity contribution in [2.45, 2.75) is 18.9 Å². The van der Waals surface area contributed by atoms with Gasteiger partial charge in [0.2, 0.25) is 5.69 Å². The second-order valence-electron chi connectivity index (χ2n) is 7.12. The first-order valence-electron chi connectivity index (χ1n) is 9.01. The van der Waals surface area contributed by atoms with Gasteiger partial charge in [-0.2, -0.15) is 5.10 Å². The molecule has 0 N–H and O–H groups in total. The molecular formula is C19H21BrFN5O. The van der Waals surface area contributed by atoms with Crippen LogP contribution >= 0.6 is 15.9 Å². The lowest BCUT2D eigenvalue weighted by atomic mass is 10.0. The third-order valence-electron chi connectivity index (χ3n) is 5.09. The zero-order valence-corrected chi connectivity index (χ0v) is 17.0. The zero-order chi connectivity index (χ0) is 19.1. The summed E-state index contributed by atoms with van der Waals surface area (Å²) in [7, 11) is 3.81. The highest BCUT2D eigenvalue weighted by atomic mass is 79.9. The fourth-order valence-electron chi connectivity index (χ4n) is 3.36. The summed E-state index contributed by atoms with van der Waals surface area (Å²) in [6, 6.07) is 1.71. The van der Waals surface area contributed by atoms with Crippen LogP contribution in [-0.4, -0.2) is 54.0 Å². The number of benzene rings is 1. The molecule has 2 aromatic rings. The first-order valence-corrected chi connectivity index (χ1v) is 9.81. The highest BCUT2D eigenvalue weighted by Gasteiger charge is 2.31. The number of halogens is 2. The van der Waals surface area contributed by atoms with Crippen molar-refractivity contribution in [1.82, 2.24) is 14.7 Å². The van der Waals surface area contributed by atoms with E-state index < -0.39 is 5.82 Å². The summed E-state index contributed by atoms with van der Waals surface area (Å²) in [5, 5.41) is 4.20. The van der Waals surface area contributed by atoms with Gasteiger partial charge in [-0.3, -0.25) is 4.68 Å². The topological polar surface area (TPSA) is 37.9 Å². The van der Waals surface area contributed by atoms with E-state index in [1.54, 1.807) is 24.0 Å². The van der Waals surface area contributed by atoms with Gasteiger partial charge in [0.05, 0.1) is 34.7 Å². The first-order chi connectivity index (χ1) is 13.0. The fourth-order valence-corrected chi connectivity index (χ4v) is 3.91. The highest BCUT2D eigenvalue weighted by Crippen LogP contribution is 2.48. The van der Waals surface area contributed by atoms with Gasteiger partial charge in [-0.25, -0.2) is 9.24 Å². The molecule has 1 saturated carbocycles. The van der Waals surface area contributed by atoms with Gasteiger partial charge in [-0.1, -0.05) is 0 Å². The third-order valence-corrected chi connectivity index (χ3v) is 5.67. The Bertz CT molecular complexity index is 890. The van der Waals surface area contributed by atoms with Crippen LogP contribution in [0.15, 0.2) is 16.7 Å². The van der Waals surface area contributed by atoms with Crippen LogP contribution in [0.5, 0.6) is 5.75 Å². The smallest absolute Gasteiger partial charge is 0.240 e. The second-order valence-corrected chi connectivity index (χ2v) is 7.97. The lowest BCUT2D eigenvalue weighted by Gasteiger charge is -2.35. The maximum atomic E-state index is 15.7. The lowest BCUT2D eigenvalue weighted by molar-refractivity contribution is 0.302. The average molecular weight is 434 g/mol. The molecule has 6 nitrogen and oxygen atoms in total. The number of likely N-dealkylation sites (N-methyl/N-ethyl adjacent to an activating group) is 1. The Morgan fingerprint density at radius 2 is 1.96 bits per heavy atom. The minimum atomic E-state index is -0.391. The monoisotopic (exact) mass is 433 g/mol. The standard InChI is InChI=1S/C19H21BrFN5O/c1-22-18-15(27-12-4-5-12)10-14(26-8-6-24(2)7-9-26)17(21)16(18)19-13(20)11-23-25(19)3/h10-12H,4-9H2,2-3H3. The zero-order valence-electron chi connectivity index (χ0n) is 15.4. The summed E-state index contributed by atoms with van der Waals surface area (Å²) in [6.45, 7) is 10.9. The third kappa shape index (κ3) is 3.42. The van der Waals surface area contributed by atoms with Crippen LogP contribution in [0.1, 0.15) is 12.8 Å². The molecule has 2 aliphatic rings. The molecule has 1 aliphatic carbocycles. The predicted octanol–water partition coefficient (Wildman–Crippen LogP) is 3.83. The van der Waals surface area contributed by atoms with Crippen LogP contribution in [0, 0.1) is 12.4 Å². The van der Waals surface area contributed by atoms with Gasteiger partial charge < -0.3 is 14.5 Å². The fraction of sp³-hybridized carbons (Fsp3) is 0.474. The van der Waals surface area contributed by atoms with Crippen molar-refractivity contribution in [3.63, 3.8) is 0 Å². The van der Waals surface area contributed by atoms with Crippen LogP contribution in [0.25, 0.3) is 16.1 Å². The van der Waals surface area contributed by atoms with E-state index >= 15 is 4.39 Å². The van der Waals surface area contributed by atoms with E-state index in [2.05, 4.69) is 37.8 Å². The number of anilines is 1. The van der Waals surface area contributed by atoms with E-state index in [0.717, 1.165) is 39.0 Å². The minimum absolute atomic E-state index is 0.124. The van der Waals surface area contributed by atoms with E-state index in [1.165, 1.54) is 0 Å². The summed E-state index contributed by atoms with van der Waals surface area (Å²) in [6.07, 6.45) is 3.69. The molecule has 0 unspecified atom stereocenters. The number of rotatable bonds is 4. The maximum absolute atomic E-state index is 15.7. The normalized spacial score (nSPS) is 17.8. The number of hydrogen-bond acceptors (Lipinski definition) is 4. The van der Waals surface area contributed by atoms with Crippen molar-refractivity contribution < 1.29 is 9.13 Å². The van der Waals surface area contributed by atoms with Crippen molar-refractivity contribution in [3.05, 3.63) is 34.0 Å². The molecule has 0 radical (unpaired) electrons. The first kappa shape index (κ1) is 18.3. The largest absolute Gasteiger partial charge is 0.501 e. The SMILES string of the molecule is [C-]#[N+]c1c(OC2CC2)cc(N2CCN(C)CC2)c(F)c1-c1c(Br)cnn1C. The van der Waals surface area contributed by atoms with E-state index in [1.807, 2.05) is 4.90 Å². The van der Waals surface area contributed by atoms with E-state index in [-0.39, 0.29) is 17.4 Å². The molecule has 1 aromatic carbocycles. The molecule has 142 valence electrons. The van der Waals surface area contributed by atoms with E-state index in [9.17, 15) is 0 Å². The van der Waals surface area contributed by atoms with Crippen molar-refractivity contribution in [1.29, 1.82) is 0 Å². The Kier molecular flexibility index (Phi) is 4.82. The summed E-state index contributed by atoms with van der Waals surface area (Å²) in [5.74, 6) is 0.0731. The molecule has 1 saturated heterocycles. The molecule has 0 atom stereocenters. The predicted molar refractivity (Wildman–Crippen MR) is 106 cm³/mol. The van der Waals surface area contributed by atoms with Crippen molar-refractivity contribution in [3.8, 4) is 17.0 Å². The number of ether oxygens (including phenoxy) is 1.